The van der Waals surface area contributed by atoms with E-state index in [4.69, 9.17) is 5.11 Å². The Bertz CT molecular complexity index is 391. The van der Waals surface area contributed by atoms with Crippen LogP contribution in [0.5, 0.6) is 0 Å². The fraction of sp³-hybridized carbons (Fsp3) is 0.250. The minimum Gasteiger partial charge on any atom is -0.478 e. The fourth-order valence-corrected chi connectivity index (χ4v) is 2.09. The van der Waals surface area contributed by atoms with Crippen molar-refractivity contribution in [3.8, 4) is 0 Å². The Balaban J connectivity index is 2.64. The van der Waals surface area contributed by atoms with Gasteiger partial charge in [-0.3, -0.25) is 0 Å². The van der Waals surface area contributed by atoms with Gasteiger partial charge in [-0.05, 0) is 36.8 Å². The minimum atomic E-state index is -1.23. The molecule has 0 spiro atoms. The molecule has 2 nitrogen and oxygen atoms in total. The van der Waals surface area contributed by atoms with Crippen molar-refractivity contribution in [3.05, 3.63) is 42.2 Å². The Kier molecular flexibility index (Phi) is 5.05. The molecule has 0 unspecified atom stereocenters. The lowest BCUT2D eigenvalue weighted by atomic mass is 10.2. The largest absolute Gasteiger partial charge is 0.478 e. The summed E-state index contributed by atoms with van der Waals surface area (Å²) in [5.74, 6) is -1.05. The lowest BCUT2D eigenvalue weighted by Crippen LogP contribution is -2.00. The second-order valence-electron chi connectivity index (χ2n) is 3.23. The van der Waals surface area contributed by atoms with Gasteiger partial charge in [-0.15, -0.1) is 18.3 Å². The van der Waals surface area contributed by atoms with Crippen molar-refractivity contribution in [1.82, 2.24) is 0 Å². The van der Waals surface area contributed by atoms with Crippen LogP contribution >= 0.6 is 11.8 Å². The predicted molar refractivity (Wildman–Crippen MR) is 63.5 cm³/mol. The summed E-state index contributed by atoms with van der Waals surface area (Å²) in [6.45, 7) is 3.62. The number of benzene rings is 1. The highest BCUT2D eigenvalue weighted by Gasteiger charge is 2.10. The molecular weight excluding hydrogens is 227 g/mol. The molecule has 1 rings (SSSR count). The van der Waals surface area contributed by atoms with Gasteiger partial charge in [0.05, 0.1) is 5.56 Å². The van der Waals surface area contributed by atoms with Crippen LogP contribution in [0.25, 0.3) is 0 Å². The molecule has 1 aromatic carbocycles. The third kappa shape index (κ3) is 3.70. The van der Waals surface area contributed by atoms with Crippen LogP contribution in [-0.4, -0.2) is 16.8 Å². The number of thioether (sulfide) groups is 1. The van der Waals surface area contributed by atoms with Crippen LogP contribution in [0.4, 0.5) is 4.39 Å². The monoisotopic (exact) mass is 240 g/mol. The van der Waals surface area contributed by atoms with E-state index in [9.17, 15) is 9.18 Å². The zero-order chi connectivity index (χ0) is 12.0. The molecule has 0 aliphatic rings. The van der Waals surface area contributed by atoms with Gasteiger partial charge in [-0.2, -0.15) is 0 Å². The summed E-state index contributed by atoms with van der Waals surface area (Å²) in [6.07, 6.45) is 3.75. The van der Waals surface area contributed by atoms with E-state index >= 15 is 0 Å². The van der Waals surface area contributed by atoms with Crippen molar-refractivity contribution < 1.29 is 14.3 Å². The van der Waals surface area contributed by atoms with Crippen LogP contribution < -0.4 is 0 Å². The molecule has 0 aliphatic heterocycles. The zero-order valence-corrected chi connectivity index (χ0v) is 9.60. The van der Waals surface area contributed by atoms with Gasteiger partial charge in [0.25, 0.3) is 0 Å². The summed E-state index contributed by atoms with van der Waals surface area (Å²) in [7, 11) is 0. The van der Waals surface area contributed by atoms with Crippen LogP contribution in [0.2, 0.25) is 0 Å². The maximum atomic E-state index is 13.1. The molecule has 1 aromatic rings. The highest BCUT2D eigenvalue weighted by Crippen LogP contribution is 2.22. The maximum absolute atomic E-state index is 13.1. The maximum Gasteiger partial charge on any atom is 0.338 e. The van der Waals surface area contributed by atoms with Crippen molar-refractivity contribution in [3.63, 3.8) is 0 Å². The molecule has 1 N–H and O–H groups in total. The molecule has 0 aliphatic carbocycles. The number of hydrogen-bond acceptors (Lipinski definition) is 2. The van der Waals surface area contributed by atoms with Gasteiger partial charge in [-0.25, -0.2) is 9.18 Å². The van der Waals surface area contributed by atoms with Gasteiger partial charge in [0, 0.05) is 4.90 Å². The summed E-state index contributed by atoms with van der Waals surface area (Å²) in [5.41, 5.74) is -0.270. The summed E-state index contributed by atoms with van der Waals surface area (Å²) in [4.78, 5) is 11.5. The third-order valence-electron chi connectivity index (χ3n) is 1.99. The van der Waals surface area contributed by atoms with Crippen LogP contribution in [0.15, 0.2) is 35.7 Å². The first kappa shape index (κ1) is 12.8. The number of hydrogen-bond donors (Lipinski definition) is 1. The molecule has 4 heteroatoms. The van der Waals surface area contributed by atoms with Crippen LogP contribution in [-0.2, 0) is 0 Å². The second kappa shape index (κ2) is 6.33. The van der Waals surface area contributed by atoms with Gasteiger partial charge < -0.3 is 5.11 Å². The molecule has 0 fully saturated rings. The average Bonchev–Trinajstić information content (AvgIpc) is 2.26. The summed E-state index contributed by atoms with van der Waals surface area (Å²) in [6, 6.07) is 4.16. The molecule has 0 aromatic heterocycles. The molecule has 0 amide bonds. The van der Waals surface area contributed by atoms with Gasteiger partial charge >= 0.3 is 5.97 Å². The van der Waals surface area contributed by atoms with E-state index in [-0.39, 0.29) is 5.56 Å². The number of halogens is 1. The first-order chi connectivity index (χ1) is 7.65. The highest BCUT2D eigenvalue weighted by molar-refractivity contribution is 7.99. The first-order valence-electron chi connectivity index (χ1n) is 4.91. The Morgan fingerprint density at radius 1 is 1.56 bits per heavy atom. The molecule has 0 bridgehead atoms. The normalized spacial score (nSPS) is 10.1. The number of unbranched alkanes of at least 4 members (excludes halogenated alkanes) is 1. The smallest absolute Gasteiger partial charge is 0.338 e. The van der Waals surface area contributed by atoms with Crippen molar-refractivity contribution in [2.45, 2.75) is 17.7 Å². The van der Waals surface area contributed by atoms with Gasteiger partial charge in [0.1, 0.15) is 5.82 Å². The summed E-state index contributed by atoms with van der Waals surface area (Å²) < 4.78 is 13.1. The Labute approximate surface area is 98.2 Å². The molecule has 0 heterocycles. The number of allylic oxidation sites excluding steroid dienone is 1. The van der Waals surface area contributed by atoms with Crippen molar-refractivity contribution in [2.75, 3.05) is 5.75 Å². The first-order valence-corrected chi connectivity index (χ1v) is 5.90. The van der Waals surface area contributed by atoms with E-state index in [0.29, 0.717) is 0 Å². The predicted octanol–water partition coefficient (Wildman–Crippen LogP) is 3.58. The molecule has 0 radical (unpaired) electrons. The Morgan fingerprint density at radius 3 is 2.94 bits per heavy atom. The average molecular weight is 240 g/mol. The number of carbonyl (C=O) groups is 1. The van der Waals surface area contributed by atoms with Crippen LogP contribution in [0.1, 0.15) is 23.2 Å². The topological polar surface area (TPSA) is 37.3 Å². The van der Waals surface area contributed by atoms with E-state index < -0.39 is 11.8 Å². The number of carboxylic acids is 1. The lowest BCUT2D eigenvalue weighted by molar-refractivity contribution is 0.0691. The van der Waals surface area contributed by atoms with E-state index in [0.717, 1.165) is 23.5 Å². The molecule has 0 saturated heterocycles. The Morgan fingerprint density at radius 2 is 2.31 bits per heavy atom. The molecule has 0 atom stereocenters. The van der Waals surface area contributed by atoms with Gasteiger partial charge in [0.2, 0.25) is 0 Å². The van der Waals surface area contributed by atoms with Crippen molar-refractivity contribution in [1.29, 1.82) is 0 Å². The van der Waals surface area contributed by atoms with Crippen LogP contribution in [0.3, 0.4) is 0 Å². The molecule has 86 valence electrons. The lowest BCUT2D eigenvalue weighted by Gasteiger charge is -2.03. The molecule has 16 heavy (non-hydrogen) atoms. The van der Waals surface area contributed by atoms with E-state index in [1.165, 1.54) is 23.9 Å². The van der Waals surface area contributed by atoms with Crippen molar-refractivity contribution in [2.24, 2.45) is 0 Å². The summed E-state index contributed by atoms with van der Waals surface area (Å²) >= 11 is 1.52. The quantitative estimate of drug-likeness (QED) is 0.469. The minimum absolute atomic E-state index is 0.270. The van der Waals surface area contributed by atoms with Crippen LogP contribution in [0, 0.1) is 5.82 Å². The van der Waals surface area contributed by atoms with Gasteiger partial charge in [-0.1, -0.05) is 6.08 Å². The second-order valence-corrected chi connectivity index (χ2v) is 4.39. The SMILES string of the molecule is C=CCCCSc1ccc(F)c(C(=O)O)c1. The van der Waals surface area contributed by atoms with Gasteiger partial charge in [0.15, 0.2) is 0 Å². The number of aromatic carboxylic acids is 1. The van der Waals surface area contributed by atoms with E-state index in [1.54, 1.807) is 6.07 Å². The number of rotatable bonds is 6. The molecule has 0 saturated carbocycles. The highest BCUT2D eigenvalue weighted by atomic mass is 32.2. The zero-order valence-electron chi connectivity index (χ0n) is 8.78. The van der Waals surface area contributed by atoms with Crippen molar-refractivity contribution >= 4 is 17.7 Å². The number of carboxylic acid groups (broad SMARTS) is 1. The third-order valence-corrected chi connectivity index (χ3v) is 3.07. The molecular formula is C12H13FO2S. The van der Waals surface area contributed by atoms with E-state index in [1.807, 2.05) is 6.08 Å². The fourth-order valence-electron chi connectivity index (χ4n) is 1.18. The van der Waals surface area contributed by atoms with E-state index in [2.05, 4.69) is 6.58 Å². The standard InChI is InChI=1S/C12H13FO2S/c1-2-3-4-7-16-9-5-6-11(13)10(8-9)12(14)15/h2,5-6,8H,1,3-4,7H2,(H,14,15). The Hall–Kier alpha value is -1.29. The summed E-state index contributed by atoms with van der Waals surface area (Å²) in [5, 5.41) is 8.74.